The average Bonchev–Trinajstić information content (AvgIpc) is 2.72. The summed E-state index contributed by atoms with van der Waals surface area (Å²) < 4.78 is 0. The van der Waals surface area contributed by atoms with Gasteiger partial charge in [-0.3, -0.25) is 19.7 Å². The standard InChI is InChI=1S/C22H21N3O4/c1-24(2)22(27)20(14-15-10-12-17(13-11-15)25(28)29)23-21(26)19-9-5-7-16-6-3-4-8-18(16)19/h3-13,20H,14H2,1-2H3,(H,23,26)/t20-/m0/s1. The summed E-state index contributed by atoms with van der Waals surface area (Å²) >= 11 is 0. The first-order valence-corrected chi connectivity index (χ1v) is 9.10. The van der Waals surface area contributed by atoms with Crippen molar-refractivity contribution >= 4 is 28.3 Å². The van der Waals surface area contributed by atoms with Gasteiger partial charge in [0.25, 0.3) is 11.6 Å². The third-order valence-electron chi connectivity index (χ3n) is 4.67. The third kappa shape index (κ3) is 4.57. The number of amides is 2. The van der Waals surface area contributed by atoms with Crippen molar-refractivity contribution in [3.8, 4) is 0 Å². The van der Waals surface area contributed by atoms with Gasteiger partial charge < -0.3 is 10.2 Å². The lowest BCUT2D eigenvalue weighted by molar-refractivity contribution is -0.384. The number of fused-ring (bicyclic) bond motifs is 1. The monoisotopic (exact) mass is 391 g/mol. The van der Waals surface area contributed by atoms with Gasteiger partial charge in [0.15, 0.2) is 0 Å². The lowest BCUT2D eigenvalue weighted by atomic mass is 10.0. The van der Waals surface area contributed by atoms with E-state index in [-0.39, 0.29) is 23.9 Å². The Morgan fingerprint density at radius 1 is 1.00 bits per heavy atom. The molecule has 0 fully saturated rings. The molecule has 0 aliphatic heterocycles. The second-order valence-corrected chi connectivity index (χ2v) is 6.91. The zero-order chi connectivity index (χ0) is 21.0. The van der Waals surface area contributed by atoms with Crippen molar-refractivity contribution in [1.82, 2.24) is 10.2 Å². The van der Waals surface area contributed by atoms with Crippen molar-refractivity contribution in [3.63, 3.8) is 0 Å². The SMILES string of the molecule is CN(C)C(=O)[C@H](Cc1ccc([N+](=O)[O-])cc1)NC(=O)c1cccc2ccccc12. The molecule has 3 aromatic rings. The second kappa shape index (κ2) is 8.52. The van der Waals surface area contributed by atoms with Crippen LogP contribution in [0.5, 0.6) is 0 Å². The lowest BCUT2D eigenvalue weighted by Gasteiger charge is -2.22. The highest BCUT2D eigenvalue weighted by Crippen LogP contribution is 2.19. The van der Waals surface area contributed by atoms with Gasteiger partial charge in [-0.2, -0.15) is 0 Å². The van der Waals surface area contributed by atoms with Crippen LogP contribution in [-0.4, -0.2) is 41.8 Å². The molecule has 0 saturated carbocycles. The summed E-state index contributed by atoms with van der Waals surface area (Å²) in [6, 6.07) is 18.2. The van der Waals surface area contributed by atoms with E-state index < -0.39 is 11.0 Å². The highest BCUT2D eigenvalue weighted by Gasteiger charge is 2.24. The molecular weight excluding hydrogens is 370 g/mol. The van der Waals surface area contributed by atoms with Crippen molar-refractivity contribution in [3.05, 3.63) is 88.0 Å². The quantitative estimate of drug-likeness (QED) is 0.516. The van der Waals surface area contributed by atoms with Crippen LogP contribution in [0.3, 0.4) is 0 Å². The Bertz CT molecular complexity index is 1060. The fraction of sp³-hybridized carbons (Fsp3) is 0.182. The van der Waals surface area contributed by atoms with Gasteiger partial charge >= 0.3 is 0 Å². The molecule has 0 unspecified atom stereocenters. The molecule has 1 atom stereocenters. The van der Waals surface area contributed by atoms with Crippen LogP contribution >= 0.6 is 0 Å². The van der Waals surface area contributed by atoms with Gasteiger partial charge in [0.2, 0.25) is 5.91 Å². The molecule has 0 spiro atoms. The molecule has 148 valence electrons. The number of nitro benzene ring substituents is 1. The Morgan fingerprint density at radius 3 is 2.31 bits per heavy atom. The van der Waals surface area contributed by atoms with Crippen molar-refractivity contribution in [2.75, 3.05) is 14.1 Å². The minimum absolute atomic E-state index is 0.0240. The van der Waals surface area contributed by atoms with Crippen LogP contribution in [0.15, 0.2) is 66.7 Å². The number of nitrogens with one attached hydrogen (secondary N) is 1. The number of nitro groups is 1. The summed E-state index contributed by atoms with van der Waals surface area (Å²) in [4.78, 5) is 37.4. The van der Waals surface area contributed by atoms with E-state index >= 15 is 0 Å². The predicted molar refractivity (Wildman–Crippen MR) is 111 cm³/mol. The minimum atomic E-state index is -0.794. The molecule has 7 nitrogen and oxygen atoms in total. The van der Waals surface area contributed by atoms with E-state index in [0.717, 1.165) is 10.8 Å². The summed E-state index contributed by atoms with van der Waals surface area (Å²) in [7, 11) is 3.24. The van der Waals surface area contributed by atoms with E-state index in [1.165, 1.54) is 17.0 Å². The molecule has 2 amide bonds. The van der Waals surface area contributed by atoms with E-state index in [1.54, 1.807) is 38.4 Å². The number of carbonyl (C=O) groups is 2. The van der Waals surface area contributed by atoms with Crippen molar-refractivity contribution < 1.29 is 14.5 Å². The molecule has 7 heteroatoms. The van der Waals surface area contributed by atoms with E-state index in [0.29, 0.717) is 11.1 Å². The molecule has 0 bridgehead atoms. The Kier molecular flexibility index (Phi) is 5.87. The maximum absolute atomic E-state index is 13.0. The predicted octanol–water partition coefficient (Wildman–Crippen LogP) is 3.18. The Balaban J connectivity index is 1.86. The fourth-order valence-corrected chi connectivity index (χ4v) is 3.16. The number of carbonyl (C=O) groups excluding carboxylic acids is 2. The van der Waals surface area contributed by atoms with Crippen LogP contribution in [-0.2, 0) is 11.2 Å². The Morgan fingerprint density at radius 2 is 1.66 bits per heavy atom. The van der Waals surface area contributed by atoms with E-state index in [2.05, 4.69) is 5.32 Å². The Hall–Kier alpha value is -3.74. The largest absolute Gasteiger partial charge is 0.347 e. The first-order valence-electron chi connectivity index (χ1n) is 9.10. The third-order valence-corrected chi connectivity index (χ3v) is 4.67. The summed E-state index contributed by atoms with van der Waals surface area (Å²) in [5.74, 6) is -0.596. The van der Waals surface area contributed by atoms with E-state index in [4.69, 9.17) is 0 Å². The maximum atomic E-state index is 13.0. The molecule has 0 aromatic heterocycles. The number of hydrogen-bond donors (Lipinski definition) is 1. The number of benzene rings is 3. The van der Waals surface area contributed by atoms with Crippen molar-refractivity contribution in [1.29, 1.82) is 0 Å². The van der Waals surface area contributed by atoms with Gasteiger partial charge in [0.1, 0.15) is 6.04 Å². The van der Waals surface area contributed by atoms with Gasteiger partial charge in [-0.05, 0) is 22.4 Å². The molecule has 29 heavy (non-hydrogen) atoms. The van der Waals surface area contributed by atoms with Crippen molar-refractivity contribution in [2.24, 2.45) is 0 Å². The summed E-state index contributed by atoms with van der Waals surface area (Å²) in [5.41, 5.74) is 1.18. The summed E-state index contributed by atoms with van der Waals surface area (Å²) in [6.45, 7) is 0. The number of hydrogen-bond acceptors (Lipinski definition) is 4. The second-order valence-electron chi connectivity index (χ2n) is 6.91. The number of likely N-dealkylation sites (N-methyl/N-ethyl adjacent to an activating group) is 1. The van der Waals surface area contributed by atoms with Crippen LogP contribution in [0, 0.1) is 10.1 Å². The van der Waals surface area contributed by atoms with E-state index in [1.807, 2.05) is 30.3 Å². The van der Waals surface area contributed by atoms with Gasteiger partial charge in [0.05, 0.1) is 4.92 Å². The first kappa shape index (κ1) is 20.0. The number of non-ortho nitro benzene ring substituents is 1. The van der Waals surface area contributed by atoms with E-state index in [9.17, 15) is 19.7 Å². The zero-order valence-electron chi connectivity index (χ0n) is 16.2. The van der Waals surface area contributed by atoms with Crippen LogP contribution in [0.2, 0.25) is 0 Å². The molecule has 0 aliphatic carbocycles. The zero-order valence-corrected chi connectivity index (χ0v) is 16.2. The molecule has 0 radical (unpaired) electrons. The molecule has 1 N–H and O–H groups in total. The smallest absolute Gasteiger partial charge is 0.269 e. The van der Waals surface area contributed by atoms with Crippen LogP contribution in [0.1, 0.15) is 15.9 Å². The number of nitrogens with zero attached hydrogens (tertiary/aromatic N) is 2. The Labute approximate surface area is 168 Å². The minimum Gasteiger partial charge on any atom is -0.347 e. The van der Waals surface area contributed by atoms with Gasteiger partial charge in [-0.15, -0.1) is 0 Å². The normalized spacial score (nSPS) is 11.7. The van der Waals surface area contributed by atoms with Crippen molar-refractivity contribution in [2.45, 2.75) is 12.5 Å². The number of rotatable bonds is 6. The molecule has 3 rings (SSSR count). The highest BCUT2D eigenvalue weighted by atomic mass is 16.6. The lowest BCUT2D eigenvalue weighted by Crippen LogP contribution is -2.47. The maximum Gasteiger partial charge on any atom is 0.269 e. The first-order chi connectivity index (χ1) is 13.9. The van der Waals surface area contributed by atoms with Gasteiger partial charge in [-0.25, -0.2) is 0 Å². The van der Waals surface area contributed by atoms with Gasteiger partial charge in [0, 0.05) is 38.2 Å². The van der Waals surface area contributed by atoms with Crippen LogP contribution < -0.4 is 5.32 Å². The highest BCUT2D eigenvalue weighted by molar-refractivity contribution is 6.08. The molecule has 0 saturated heterocycles. The summed E-state index contributed by atoms with van der Waals surface area (Å²) in [5, 5.41) is 15.4. The molecule has 0 heterocycles. The topological polar surface area (TPSA) is 92.6 Å². The fourth-order valence-electron chi connectivity index (χ4n) is 3.16. The average molecular weight is 391 g/mol. The van der Waals surface area contributed by atoms with Gasteiger partial charge in [-0.1, -0.05) is 48.5 Å². The molecular formula is C22H21N3O4. The van der Waals surface area contributed by atoms with Crippen LogP contribution in [0.25, 0.3) is 10.8 Å². The summed E-state index contributed by atoms with van der Waals surface area (Å²) in [6.07, 6.45) is 0.228. The van der Waals surface area contributed by atoms with Crippen LogP contribution in [0.4, 0.5) is 5.69 Å². The molecule has 0 aliphatic rings. The molecule has 3 aromatic carbocycles.